The van der Waals surface area contributed by atoms with Crippen LogP contribution in [0.3, 0.4) is 0 Å². The van der Waals surface area contributed by atoms with Gasteiger partial charge in [0.15, 0.2) is 0 Å². The van der Waals surface area contributed by atoms with Crippen LogP contribution in [0.5, 0.6) is 5.75 Å². The molecule has 0 aliphatic rings. The molecule has 2 heteroatoms. The summed E-state index contributed by atoms with van der Waals surface area (Å²) in [5.41, 5.74) is 4.52. The van der Waals surface area contributed by atoms with Gasteiger partial charge in [0.2, 0.25) is 0 Å². The summed E-state index contributed by atoms with van der Waals surface area (Å²) in [6.07, 6.45) is 8.13. The minimum Gasteiger partial charge on any atom is -0.508 e. The van der Waals surface area contributed by atoms with E-state index in [9.17, 15) is 10.2 Å². The molecule has 0 radical (unpaired) electrons. The lowest BCUT2D eigenvalue weighted by Crippen LogP contribution is -2.26. The van der Waals surface area contributed by atoms with Crippen LogP contribution in [-0.4, -0.2) is 15.8 Å². The van der Waals surface area contributed by atoms with Gasteiger partial charge in [0, 0.05) is 11.8 Å². The molecule has 1 unspecified atom stereocenters. The standard InChI is InChI=1S/C29H38O2/c1-7-11-12-18-28(31,8-2)19-17-24-13-14-25(20-22(24)5)29(9-3,10-4)26-15-16-27(30)23(6)21-26/h13-17,19-21,30-31H,7-11H2,1-6H3/b19-17+. The van der Waals surface area contributed by atoms with Crippen molar-refractivity contribution in [3.05, 3.63) is 70.3 Å². The lowest BCUT2D eigenvalue weighted by molar-refractivity contribution is 0.149. The number of aryl methyl sites for hydroxylation is 2. The van der Waals surface area contributed by atoms with E-state index in [2.05, 4.69) is 69.9 Å². The quantitative estimate of drug-likeness (QED) is 0.450. The third kappa shape index (κ3) is 5.60. The average molecular weight is 419 g/mol. The average Bonchev–Trinajstić information content (AvgIpc) is 2.77. The predicted octanol–water partition coefficient (Wildman–Crippen LogP) is 7.07. The maximum Gasteiger partial charge on any atom is 0.144 e. The van der Waals surface area contributed by atoms with Gasteiger partial charge in [-0.2, -0.15) is 0 Å². The fourth-order valence-corrected chi connectivity index (χ4v) is 4.16. The van der Waals surface area contributed by atoms with E-state index in [1.165, 1.54) is 16.7 Å². The molecule has 0 saturated heterocycles. The van der Waals surface area contributed by atoms with Gasteiger partial charge < -0.3 is 10.2 Å². The third-order valence-electron chi connectivity index (χ3n) is 6.54. The van der Waals surface area contributed by atoms with Gasteiger partial charge in [-0.25, -0.2) is 0 Å². The van der Waals surface area contributed by atoms with E-state index < -0.39 is 5.60 Å². The monoisotopic (exact) mass is 418 g/mol. The molecule has 0 spiro atoms. The fraction of sp³-hybridized carbons (Fsp3) is 0.448. The first-order chi connectivity index (χ1) is 14.7. The molecule has 166 valence electrons. The zero-order chi connectivity index (χ0) is 23.1. The van der Waals surface area contributed by atoms with Crippen molar-refractivity contribution in [3.8, 4) is 17.6 Å². The minimum atomic E-state index is -1.08. The van der Waals surface area contributed by atoms with E-state index >= 15 is 0 Å². The molecule has 0 fully saturated rings. The van der Waals surface area contributed by atoms with Crippen molar-refractivity contribution in [1.29, 1.82) is 0 Å². The summed E-state index contributed by atoms with van der Waals surface area (Å²) in [4.78, 5) is 0. The van der Waals surface area contributed by atoms with Gasteiger partial charge in [0.25, 0.3) is 0 Å². The van der Waals surface area contributed by atoms with Crippen molar-refractivity contribution in [3.63, 3.8) is 0 Å². The second kappa shape index (κ2) is 10.7. The molecule has 0 amide bonds. The third-order valence-corrected chi connectivity index (χ3v) is 6.54. The SMILES string of the molecule is CCCC#CC(O)(/C=C/c1ccc(C(CC)(CC)c2ccc(O)c(C)c2)cc1C)CC. The second-order valence-corrected chi connectivity index (χ2v) is 8.52. The summed E-state index contributed by atoms with van der Waals surface area (Å²) in [6, 6.07) is 12.6. The van der Waals surface area contributed by atoms with Crippen LogP contribution in [0.15, 0.2) is 42.5 Å². The first-order valence-corrected chi connectivity index (χ1v) is 11.6. The summed E-state index contributed by atoms with van der Waals surface area (Å²) < 4.78 is 0. The molecule has 0 aliphatic carbocycles. The molecular formula is C29H38O2. The van der Waals surface area contributed by atoms with Crippen molar-refractivity contribution in [2.75, 3.05) is 0 Å². The molecule has 0 aliphatic heterocycles. The van der Waals surface area contributed by atoms with Crippen molar-refractivity contribution in [1.82, 2.24) is 0 Å². The molecule has 2 N–H and O–H groups in total. The van der Waals surface area contributed by atoms with E-state index in [1.807, 2.05) is 26.0 Å². The largest absolute Gasteiger partial charge is 0.508 e. The normalized spacial score (nSPS) is 13.6. The maximum atomic E-state index is 10.8. The van der Waals surface area contributed by atoms with Gasteiger partial charge >= 0.3 is 0 Å². The Hall–Kier alpha value is -2.50. The van der Waals surface area contributed by atoms with Crippen LogP contribution in [0.25, 0.3) is 6.08 Å². The van der Waals surface area contributed by atoms with E-state index in [-0.39, 0.29) is 5.41 Å². The van der Waals surface area contributed by atoms with Crippen LogP contribution in [0, 0.1) is 25.7 Å². The molecule has 2 aromatic rings. The highest BCUT2D eigenvalue weighted by atomic mass is 16.3. The van der Waals surface area contributed by atoms with Gasteiger partial charge in [-0.3, -0.25) is 0 Å². The summed E-state index contributed by atoms with van der Waals surface area (Å²) >= 11 is 0. The van der Waals surface area contributed by atoms with Crippen molar-refractivity contribution in [2.24, 2.45) is 0 Å². The van der Waals surface area contributed by atoms with Gasteiger partial charge in [-0.05, 0) is 79.5 Å². The number of aliphatic hydroxyl groups is 1. The van der Waals surface area contributed by atoms with Crippen LogP contribution in [0.2, 0.25) is 0 Å². The number of hydrogen-bond donors (Lipinski definition) is 2. The van der Waals surface area contributed by atoms with Crippen LogP contribution >= 0.6 is 0 Å². The van der Waals surface area contributed by atoms with E-state index in [1.54, 1.807) is 6.07 Å². The van der Waals surface area contributed by atoms with Crippen molar-refractivity contribution >= 4 is 6.08 Å². The number of hydrogen-bond acceptors (Lipinski definition) is 2. The second-order valence-electron chi connectivity index (χ2n) is 8.52. The zero-order valence-corrected chi connectivity index (χ0v) is 20.0. The molecule has 0 bridgehead atoms. The fourth-order valence-electron chi connectivity index (χ4n) is 4.16. The number of benzene rings is 2. The minimum absolute atomic E-state index is 0.0960. The Balaban J connectivity index is 2.43. The number of aromatic hydroxyl groups is 1. The van der Waals surface area contributed by atoms with Gasteiger partial charge in [0.05, 0.1) is 0 Å². The zero-order valence-electron chi connectivity index (χ0n) is 20.0. The van der Waals surface area contributed by atoms with E-state index in [4.69, 9.17) is 0 Å². The van der Waals surface area contributed by atoms with Crippen LogP contribution in [0.4, 0.5) is 0 Å². The smallest absolute Gasteiger partial charge is 0.144 e. The summed E-state index contributed by atoms with van der Waals surface area (Å²) in [7, 11) is 0. The Kier molecular flexibility index (Phi) is 8.54. The predicted molar refractivity (Wildman–Crippen MR) is 132 cm³/mol. The Morgan fingerprint density at radius 3 is 2.00 bits per heavy atom. The molecule has 0 saturated carbocycles. The highest BCUT2D eigenvalue weighted by Gasteiger charge is 2.31. The van der Waals surface area contributed by atoms with Gasteiger partial charge in [-0.1, -0.05) is 75.9 Å². The first kappa shape index (κ1) is 24.8. The van der Waals surface area contributed by atoms with Crippen LogP contribution in [-0.2, 0) is 5.41 Å². The maximum absolute atomic E-state index is 10.8. The molecule has 31 heavy (non-hydrogen) atoms. The summed E-state index contributed by atoms with van der Waals surface area (Å²) in [5.74, 6) is 6.44. The number of phenolic OH excluding ortho intramolecular Hbond substituents is 1. The van der Waals surface area contributed by atoms with E-state index in [0.717, 1.165) is 36.8 Å². The lowest BCUT2D eigenvalue weighted by atomic mass is 9.70. The van der Waals surface area contributed by atoms with Gasteiger partial charge in [0.1, 0.15) is 11.4 Å². The molecule has 2 aromatic carbocycles. The Labute approximate surface area is 189 Å². The number of unbranched alkanes of at least 4 members (excludes halogenated alkanes) is 1. The number of rotatable bonds is 8. The molecule has 0 heterocycles. The highest BCUT2D eigenvalue weighted by Crippen LogP contribution is 2.40. The summed E-state index contributed by atoms with van der Waals surface area (Å²) in [5, 5.41) is 20.8. The Bertz CT molecular complexity index is 970. The van der Waals surface area contributed by atoms with Crippen molar-refractivity contribution < 1.29 is 10.2 Å². The Morgan fingerprint density at radius 2 is 1.48 bits per heavy atom. The first-order valence-electron chi connectivity index (χ1n) is 11.6. The Morgan fingerprint density at radius 1 is 0.871 bits per heavy atom. The summed E-state index contributed by atoms with van der Waals surface area (Å²) in [6.45, 7) is 12.6. The lowest BCUT2D eigenvalue weighted by Gasteiger charge is -2.34. The van der Waals surface area contributed by atoms with Gasteiger partial charge in [-0.15, -0.1) is 0 Å². The topological polar surface area (TPSA) is 40.5 Å². The molecule has 1 atom stereocenters. The van der Waals surface area contributed by atoms with Crippen LogP contribution < -0.4 is 0 Å². The van der Waals surface area contributed by atoms with E-state index in [0.29, 0.717) is 12.2 Å². The highest BCUT2D eigenvalue weighted by molar-refractivity contribution is 5.58. The molecule has 2 rings (SSSR count). The molecule has 0 aromatic heterocycles. The number of phenols is 1. The van der Waals surface area contributed by atoms with Crippen molar-refractivity contribution in [2.45, 2.75) is 84.7 Å². The van der Waals surface area contributed by atoms with Crippen LogP contribution in [0.1, 0.15) is 87.6 Å². The molecular weight excluding hydrogens is 380 g/mol. The molecule has 2 nitrogen and oxygen atoms in total.